The van der Waals surface area contributed by atoms with Gasteiger partial charge in [-0.3, -0.25) is 24.5 Å². The quantitative estimate of drug-likeness (QED) is 0.191. The number of nitro benzene ring substituents is 1. The molecule has 0 saturated carbocycles. The van der Waals surface area contributed by atoms with Crippen LogP contribution in [-0.2, 0) is 4.79 Å². The maximum Gasteiger partial charge on any atom is 0.282 e. The van der Waals surface area contributed by atoms with E-state index in [1.54, 1.807) is 54.6 Å². The number of nitro groups is 1. The standard InChI is InChI=1S/C25H18N6O7/c32-23(14-6-2-1-3-7-14)27-22(21-16-8-4-5-9-17(16)24(33)30-28-21)25(34)29-26-12-15-10-19-20(38-13-37-19)11-18(15)31(35)36/h1-12,22H,13H2,(H,27,32)(H,29,34)(H,30,33)/b26-12-. The van der Waals surface area contributed by atoms with E-state index in [-0.39, 0.29) is 34.9 Å². The predicted octanol–water partition coefficient (Wildman–Crippen LogP) is 2.18. The van der Waals surface area contributed by atoms with Crippen LogP contribution in [0.1, 0.15) is 27.7 Å². The van der Waals surface area contributed by atoms with Gasteiger partial charge in [-0.25, -0.2) is 10.5 Å². The van der Waals surface area contributed by atoms with E-state index in [0.717, 1.165) is 6.21 Å². The largest absolute Gasteiger partial charge is 0.454 e. The fraction of sp³-hybridized carbons (Fsp3) is 0.0800. The molecule has 0 spiro atoms. The van der Waals surface area contributed by atoms with Crippen molar-refractivity contribution in [3.8, 4) is 11.5 Å². The van der Waals surface area contributed by atoms with Gasteiger partial charge in [0.15, 0.2) is 17.5 Å². The van der Waals surface area contributed by atoms with Crippen molar-refractivity contribution in [3.63, 3.8) is 0 Å². The fourth-order valence-electron chi connectivity index (χ4n) is 3.86. The number of hydrogen-bond donors (Lipinski definition) is 3. The first-order chi connectivity index (χ1) is 18.4. The van der Waals surface area contributed by atoms with E-state index >= 15 is 0 Å². The summed E-state index contributed by atoms with van der Waals surface area (Å²) in [6.07, 6.45) is 1.08. The Balaban J connectivity index is 1.47. The number of fused-ring (bicyclic) bond motifs is 2. The van der Waals surface area contributed by atoms with Gasteiger partial charge in [0, 0.05) is 10.9 Å². The fourth-order valence-corrected chi connectivity index (χ4v) is 3.86. The lowest BCUT2D eigenvalue weighted by Crippen LogP contribution is -2.40. The number of carbonyl (C=O) groups excluding carboxylic acids is 2. The van der Waals surface area contributed by atoms with Crippen molar-refractivity contribution in [2.45, 2.75) is 6.04 Å². The Labute approximate surface area is 213 Å². The highest BCUT2D eigenvalue weighted by molar-refractivity contribution is 5.99. The maximum atomic E-state index is 13.3. The minimum Gasteiger partial charge on any atom is -0.454 e. The SMILES string of the molecule is O=C(NC(C(=O)N/N=C\c1cc2c(cc1[N+](=O)[O-])OCO2)c1n[nH]c(=O)c2ccccc12)c1ccccc1. The number of benzene rings is 3. The van der Waals surface area contributed by atoms with Gasteiger partial charge in [0.1, 0.15) is 5.69 Å². The van der Waals surface area contributed by atoms with Crippen molar-refractivity contribution in [3.05, 3.63) is 104 Å². The molecule has 13 nitrogen and oxygen atoms in total. The number of hydrazone groups is 1. The molecular formula is C25H18N6O7. The first-order valence-corrected chi connectivity index (χ1v) is 11.2. The smallest absolute Gasteiger partial charge is 0.282 e. The first kappa shape index (κ1) is 24.1. The van der Waals surface area contributed by atoms with Crippen molar-refractivity contribution < 1.29 is 24.0 Å². The number of rotatable bonds is 7. The third-order valence-corrected chi connectivity index (χ3v) is 5.67. The van der Waals surface area contributed by atoms with Crippen LogP contribution in [0.4, 0.5) is 5.69 Å². The summed E-state index contributed by atoms with van der Waals surface area (Å²) in [7, 11) is 0. The Morgan fingerprint density at radius 2 is 1.74 bits per heavy atom. The molecule has 5 rings (SSSR count). The highest BCUT2D eigenvalue weighted by Crippen LogP contribution is 2.37. The molecule has 1 aromatic heterocycles. The summed E-state index contributed by atoms with van der Waals surface area (Å²) in [5.41, 5.74) is 1.93. The lowest BCUT2D eigenvalue weighted by Gasteiger charge is -2.18. The van der Waals surface area contributed by atoms with Gasteiger partial charge in [0.2, 0.25) is 6.79 Å². The molecule has 0 radical (unpaired) electrons. The average molecular weight is 514 g/mol. The average Bonchev–Trinajstić information content (AvgIpc) is 3.40. The number of aromatic nitrogens is 2. The van der Waals surface area contributed by atoms with Crippen LogP contribution in [0.3, 0.4) is 0 Å². The van der Waals surface area contributed by atoms with Gasteiger partial charge in [0.05, 0.1) is 28.2 Å². The lowest BCUT2D eigenvalue weighted by molar-refractivity contribution is -0.385. The summed E-state index contributed by atoms with van der Waals surface area (Å²) in [6.45, 7) is -0.0767. The summed E-state index contributed by atoms with van der Waals surface area (Å²) < 4.78 is 10.4. The Morgan fingerprint density at radius 1 is 1.05 bits per heavy atom. The molecule has 190 valence electrons. The molecule has 0 saturated heterocycles. The molecule has 3 N–H and O–H groups in total. The summed E-state index contributed by atoms with van der Waals surface area (Å²) >= 11 is 0. The molecule has 0 bridgehead atoms. The normalized spacial score (nSPS) is 12.8. The van der Waals surface area contributed by atoms with Crippen LogP contribution in [-0.4, -0.2) is 39.9 Å². The monoisotopic (exact) mass is 514 g/mol. The second-order valence-corrected chi connectivity index (χ2v) is 8.01. The van der Waals surface area contributed by atoms with Crippen LogP contribution in [0.25, 0.3) is 10.8 Å². The van der Waals surface area contributed by atoms with Crippen LogP contribution >= 0.6 is 0 Å². The predicted molar refractivity (Wildman–Crippen MR) is 134 cm³/mol. The topological polar surface area (TPSA) is 178 Å². The van der Waals surface area contributed by atoms with Gasteiger partial charge >= 0.3 is 0 Å². The minimum atomic E-state index is -1.38. The number of carbonyl (C=O) groups is 2. The molecule has 4 aromatic rings. The summed E-state index contributed by atoms with van der Waals surface area (Å²) in [5, 5.41) is 25.0. The molecule has 1 aliphatic heterocycles. The molecule has 2 amide bonds. The molecule has 0 aliphatic carbocycles. The maximum absolute atomic E-state index is 13.3. The van der Waals surface area contributed by atoms with Gasteiger partial charge in [-0.2, -0.15) is 10.2 Å². The molecule has 13 heteroatoms. The molecule has 0 fully saturated rings. The number of aromatic amines is 1. The molecule has 38 heavy (non-hydrogen) atoms. The zero-order chi connectivity index (χ0) is 26.6. The summed E-state index contributed by atoms with van der Waals surface area (Å²) in [4.78, 5) is 49.3. The van der Waals surface area contributed by atoms with Gasteiger partial charge in [-0.05, 0) is 24.3 Å². The number of ether oxygens (including phenoxy) is 2. The Hall–Kier alpha value is -5.59. The van der Waals surface area contributed by atoms with Crippen molar-refractivity contribution in [1.82, 2.24) is 20.9 Å². The second-order valence-electron chi connectivity index (χ2n) is 8.01. The van der Waals surface area contributed by atoms with E-state index in [1.807, 2.05) is 0 Å². The van der Waals surface area contributed by atoms with E-state index in [2.05, 4.69) is 26.0 Å². The third-order valence-electron chi connectivity index (χ3n) is 5.67. The summed E-state index contributed by atoms with van der Waals surface area (Å²) in [5.74, 6) is -0.866. The molecule has 1 aliphatic rings. The molecule has 1 atom stereocenters. The van der Waals surface area contributed by atoms with Crippen LogP contribution in [0.5, 0.6) is 11.5 Å². The van der Waals surface area contributed by atoms with Crippen LogP contribution in [0.2, 0.25) is 0 Å². The number of H-pyrrole nitrogens is 1. The van der Waals surface area contributed by atoms with E-state index in [9.17, 15) is 24.5 Å². The van der Waals surface area contributed by atoms with E-state index in [0.29, 0.717) is 16.7 Å². The number of amides is 2. The zero-order valence-corrected chi connectivity index (χ0v) is 19.4. The van der Waals surface area contributed by atoms with Crippen molar-refractivity contribution in [2.24, 2.45) is 5.10 Å². The lowest BCUT2D eigenvalue weighted by atomic mass is 10.0. The third kappa shape index (κ3) is 4.75. The van der Waals surface area contributed by atoms with E-state index in [1.165, 1.54) is 12.1 Å². The Bertz CT molecular complexity index is 1650. The van der Waals surface area contributed by atoms with Crippen molar-refractivity contribution in [1.29, 1.82) is 0 Å². The minimum absolute atomic E-state index is 0.0528. The molecular weight excluding hydrogens is 496 g/mol. The van der Waals surface area contributed by atoms with Crippen LogP contribution in [0, 0.1) is 10.1 Å². The summed E-state index contributed by atoms with van der Waals surface area (Å²) in [6, 6.07) is 15.9. The highest BCUT2D eigenvalue weighted by atomic mass is 16.7. The number of nitrogens with zero attached hydrogens (tertiary/aromatic N) is 3. The van der Waals surface area contributed by atoms with E-state index in [4.69, 9.17) is 9.47 Å². The second kappa shape index (κ2) is 10.2. The zero-order valence-electron chi connectivity index (χ0n) is 19.4. The molecule has 1 unspecified atom stereocenters. The van der Waals surface area contributed by atoms with Crippen molar-refractivity contribution >= 4 is 34.5 Å². The van der Waals surface area contributed by atoms with E-state index < -0.39 is 28.3 Å². The van der Waals surface area contributed by atoms with Crippen molar-refractivity contribution in [2.75, 3.05) is 6.79 Å². The van der Waals surface area contributed by atoms with Gasteiger partial charge in [0.25, 0.3) is 23.1 Å². The van der Waals surface area contributed by atoms with Gasteiger partial charge in [-0.15, -0.1) is 0 Å². The Morgan fingerprint density at radius 3 is 2.47 bits per heavy atom. The number of nitrogens with one attached hydrogen (secondary N) is 3. The van der Waals surface area contributed by atoms with Crippen LogP contribution < -0.4 is 25.8 Å². The highest BCUT2D eigenvalue weighted by Gasteiger charge is 2.28. The van der Waals surface area contributed by atoms with Crippen LogP contribution in [0.15, 0.2) is 76.6 Å². The van der Waals surface area contributed by atoms with Gasteiger partial charge < -0.3 is 14.8 Å². The molecule has 3 aromatic carbocycles. The molecule has 2 heterocycles. The van der Waals surface area contributed by atoms with Gasteiger partial charge in [-0.1, -0.05) is 36.4 Å². The first-order valence-electron chi connectivity index (χ1n) is 11.2. The Kier molecular flexibility index (Phi) is 6.46. The number of hydrogen-bond acceptors (Lipinski definition) is 9.